The number of carboxylic acid groups (broad SMARTS) is 1. The number of anilines is 1. The first-order valence-electron chi connectivity index (χ1n) is 12.5. The first kappa shape index (κ1) is 30.2. The molecule has 4 aromatic rings. The predicted octanol–water partition coefficient (Wildman–Crippen LogP) is 6.37. The minimum absolute atomic E-state index is 0.0748. The zero-order valence-corrected chi connectivity index (χ0v) is 23.7. The van der Waals surface area contributed by atoms with Gasteiger partial charge in [0.05, 0.1) is 24.9 Å². The van der Waals surface area contributed by atoms with Crippen LogP contribution in [0.15, 0.2) is 59.3 Å². The van der Waals surface area contributed by atoms with E-state index in [2.05, 4.69) is 36.2 Å². The smallest absolute Gasteiger partial charge is 0.341 e. The zero-order chi connectivity index (χ0) is 29.3. The van der Waals surface area contributed by atoms with Crippen LogP contribution in [0.5, 0.6) is 17.2 Å². The van der Waals surface area contributed by atoms with E-state index >= 15 is 0 Å². The van der Waals surface area contributed by atoms with Crippen LogP contribution in [0.4, 0.5) is 5.88 Å². The molecule has 2 aromatic heterocycles. The molecular weight excluding hydrogens is 538 g/mol. The molecule has 0 aliphatic rings. The van der Waals surface area contributed by atoms with Gasteiger partial charge in [0.15, 0.2) is 6.61 Å². The maximum atomic E-state index is 12.6. The summed E-state index contributed by atoms with van der Waals surface area (Å²) in [5.41, 5.74) is 1.63. The Kier molecular flexibility index (Phi) is 10.3. The number of amides is 1. The summed E-state index contributed by atoms with van der Waals surface area (Å²) in [6.07, 6.45) is 3.47. The van der Waals surface area contributed by atoms with E-state index in [1.54, 1.807) is 54.7 Å². The van der Waals surface area contributed by atoms with Crippen LogP contribution in [0, 0.1) is 0 Å². The number of aliphatic carboxylic acids is 1. The highest BCUT2D eigenvalue weighted by Gasteiger charge is 2.27. The Labute approximate surface area is 237 Å². The highest BCUT2D eigenvalue weighted by Crippen LogP contribution is 2.33. The number of nitrogens with one attached hydrogen (secondary N) is 1. The van der Waals surface area contributed by atoms with Crippen molar-refractivity contribution < 1.29 is 33.4 Å². The molecule has 40 heavy (non-hydrogen) atoms. The van der Waals surface area contributed by atoms with Crippen molar-refractivity contribution in [2.75, 3.05) is 26.1 Å². The number of fused-ring (bicyclic) bond motifs is 1. The lowest BCUT2D eigenvalue weighted by Crippen LogP contribution is -2.19. The third kappa shape index (κ3) is 7.01. The van der Waals surface area contributed by atoms with Gasteiger partial charge < -0.3 is 23.8 Å². The van der Waals surface area contributed by atoms with Gasteiger partial charge >= 0.3 is 5.97 Å². The van der Waals surface area contributed by atoms with Crippen molar-refractivity contribution in [2.45, 2.75) is 39.0 Å². The van der Waals surface area contributed by atoms with E-state index in [9.17, 15) is 9.59 Å². The lowest BCUT2D eigenvalue weighted by Gasteiger charge is -2.22. The Hall–Kier alpha value is -4.31. The van der Waals surface area contributed by atoms with Gasteiger partial charge in [-0.1, -0.05) is 43.6 Å². The van der Waals surface area contributed by atoms with Crippen molar-refractivity contribution in [1.29, 1.82) is 0 Å². The summed E-state index contributed by atoms with van der Waals surface area (Å²) in [6, 6.07) is 13.8. The molecule has 0 aliphatic heterocycles. The summed E-state index contributed by atoms with van der Waals surface area (Å²) in [5.74, 6) is 0.177. The SMILES string of the molecule is CCC(C)(CC)c1cc(NC(=O)c2c(OC)cccc2OC)on1.O=C(O)COc1ccc(Cl)c2cccnc12. The molecule has 0 spiro atoms. The van der Waals surface area contributed by atoms with Gasteiger partial charge in [-0.05, 0) is 49.2 Å². The molecule has 4 rings (SSSR count). The topological polar surface area (TPSA) is 133 Å². The van der Waals surface area contributed by atoms with Crippen LogP contribution in [-0.2, 0) is 10.2 Å². The van der Waals surface area contributed by atoms with Gasteiger partial charge in [-0.3, -0.25) is 15.1 Å². The van der Waals surface area contributed by atoms with E-state index in [0.29, 0.717) is 39.2 Å². The molecule has 2 N–H and O–H groups in total. The lowest BCUT2D eigenvalue weighted by molar-refractivity contribution is -0.139. The van der Waals surface area contributed by atoms with Gasteiger partial charge in [-0.15, -0.1) is 0 Å². The van der Waals surface area contributed by atoms with E-state index in [0.717, 1.165) is 23.9 Å². The number of benzene rings is 2. The van der Waals surface area contributed by atoms with Gasteiger partial charge in [-0.2, -0.15) is 0 Å². The standard InChI is InChI=1S/C18H24N2O4.C11H8ClNO3/c1-6-18(3,7-2)14-11-15(24-20-14)19-17(21)16-12(22-4)9-8-10-13(16)23-5;12-8-3-4-9(16-6-10(14)15)11-7(8)2-1-5-13-11/h8-11H,6-7H2,1-5H3,(H,19,21);1-5H,6H2,(H,14,15). The minimum Gasteiger partial charge on any atom is -0.496 e. The van der Waals surface area contributed by atoms with Crippen LogP contribution in [0.25, 0.3) is 10.9 Å². The summed E-state index contributed by atoms with van der Waals surface area (Å²) >= 11 is 5.98. The number of ether oxygens (including phenoxy) is 3. The van der Waals surface area contributed by atoms with E-state index in [1.165, 1.54) is 14.2 Å². The fourth-order valence-electron chi connectivity index (χ4n) is 3.85. The zero-order valence-electron chi connectivity index (χ0n) is 23.0. The third-order valence-corrected chi connectivity index (χ3v) is 6.94. The van der Waals surface area contributed by atoms with Gasteiger partial charge in [0, 0.05) is 23.1 Å². The monoisotopic (exact) mass is 569 g/mol. The van der Waals surface area contributed by atoms with Crippen LogP contribution in [0.1, 0.15) is 49.7 Å². The number of halogens is 1. The number of rotatable bonds is 10. The van der Waals surface area contributed by atoms with Crippen LogP contribution < -0.4 is 19.5 Å². The van der Waals surface area contributed by atoms with Crippen molar-refractivity contribution in [1.82, 2.24) is 10.1 Å². The van der Waals surface area contributed by atoms with Crippen molar-refractivity contribution >= 4 is 40.3 Å². The number of pyridine rings is 1. The van der Waals surface area contributed by atoms with Gasteiger partial charge in [0.25, 0.3) is 5.91 Å². The molecule has 2 heterocycles. The fraction of sp³-hybridized carbons (Fsp3) is 0.310. The minimum atomic E-state index is -1.03. The molecule has 1 amide bonds. The van der Waals surface area contributed by atoms with E-state index < -0.39 is 12.6 Å². The van der Waals surface area contributed by atoms with E-state index in [-0.39, 0.29) is 11.3 Å². The maximum absolute atomic E-state index is 12.6. The lowest BCUT2D eigenvalue weighted by atomic mass is 9.81. The Morgan fingerprint density at radius 2 is 1.70 bits per heavy atom. The molecule has 11 heteroatoms. The number of hydrogen-bond acceptors (Lipinski definition) is 8. The number of methoxy groups -OCH3 is 2. The molecule has 0 saturated carbocycles. The van der Waals surface area contributed by atoms with E-state index in [1.807, 2.05) is 0 Å². The molecule has 212 valence electrons. The summed E-state index contributed by atoms with van der Waals surface area (Å²) < 4.78 is 20.9. The second-order valence-corrected chi connectivity index (χ2v) is 9.37. The molecule has 0 saturated heterocycles. The molecule has 0 unspecified atom stereocenters. The Morgan fingerprint density at radius 3 is 2.30 bits per heavy atom. The summed E-state index contributed by atoms with van der Waals surface area (Å²) in [7, 11) is 3.01. The number of carbonyl (C=O) groups is 2. The highest BCUT2D eigenvalue weighted by atomic mass is 35.5. The molecule has 0 aliphatic carbocycles. The Morgan fingerprint density at radius 1 is 1.02 bits per heavy atom. The van der Waals surface area contributed by atoms with Gasteiger partial charge in [0.2, 0.25) is 5.88 Å². The highest BCUT2D eigenvalue weighted by molar-refractivity contribution is 6.35. The van der Waals surface area contributed by atoms with Crippen LogP contribution in [0.3, 0.4) is 0 Å². The second kappa shape index (κ2) is 13.7. The third-order valence-electron chi connectivity index (χ3n) is 6.61. The molecular formula is C29H32ClN3O7. The number of carboxylic acids is 1. The van der Waals surface area contributed by atoms with Gasteiger partial charge in [0.1, 0.15) is 28.3 Å². The normalized spacial score (nSPS) is 10.8. The first-order valence-corrected chi connectivity index (χ1v) is 12.9. The predicted molar refractivity (Wildman–Crippen MR) is 152 cm³/mol. The van der Waals surface area contributed by atoms with Gasteiger partial charge in [-0.25, -0.2) is 4.79 Å². The summed E-state index contributed by atoms with van der Waals surface area (Å²) in [5, 5.41) is 16.7. The molecule has 0 fully saturated rings. The largest absolute Gasteiger partial charge is 0.496 e. The van der Waals surface area contributed by atoms with Crippen molar-refractivity contribution in [3.05, 3.63) is 71.0 Å². The maximum Gasteiger partial charge on any atom is 0.341 e. The molecule has 0 radical (unpaired) electrons. The molecule has 10 nitrogen and oxygen atoms in total. The first-order chi connectivity index (χ1) is 19.2. The number of aromatic nitrogens is 2. The average Bonchev–Trinajstić information content (AvgIpc) is 3.45. The quantitative estimate of drug-likeness (QED) is 0.223. The van der Waals surface area contributed by atoms with Crippen molar-refractivity contribution in [3.63, 3.8) is 0 Å². The molecule has 0 bridgehead atoms. The summed E-state index contributed by atoms with van der Waals surface area (Å²) in [4.78, 5) is 27.1. The van der Waals surface area contributed by atoms with Crippen molar-refractivity contribution in [3.8, 4) is 17.2 Å². The summed E-state index contributed by atoms with van der Waals surface area (Å²) in [6.45, 7) is 5.94. The molecule has 0 atom stereocenters. The molecule has 2 aromatic carbocycles. The van der Waals surface area contributed by atoms with Crippen LogP contribution in [-0.4, -0.2) is 48.0 Å². The van der Waals surface area contributed by atoms with E-state index in [4.69, 9.17) is 35.4 Å². The van der Waals surface area contributed by atoms with Crippen LogP contribution in [0.2, 0.25) is 5.02 Å². The van der Waals surface area contributed by atoms with Crippen molar-refractivity contribution in [2.24, 2.45) is 0 Å². The fourth-order valence-corrected chi connectivity index (χ4v) is 4.06. The second-order valence-electron chi connectivity index (χ2n) is 8.96. The number of carbonyl (C=O) groups excluding carboxylic acids is 1. The number of hydrogen-bond donors (Lipinski definition) is 2. The Balaban J connectivity index is 0.000000238. The average molecular weight is 570 g/mol. The van der Waals surface area contributed by atoms with Crippen LogP contribution >= 0.6 is 11.6 Å². The number of nitrogens with zero attached hydrogens (tertiary/aromatic N) is 2. The Bertz CT molecular complexity index is 1450.